The smallest absolute Gasteiger partial charge is 0.254 e. The van der Waals surface area contributed by atoms with Gasteiger partial charge in [-0.3, -0.25) is 19.5 Å². The molecule has 6 nitrogen and oxygen atoms in total. The number of anilines is 1. The van der Waals surface area contributed by atoms with E-state index in [0.29, 0.717) is 18.1 Å². The van der Waals surface area contributed by atoms with Crippen LogP contribution in [0.2, 0.25) is 0 Å². The third-order valence-corrected chi connectivity index (χ3v) is 5.84. The molecule has 0 fully saturated rings. The molecule has 4 rings (SSSR count). The van der Waals surface area contributed by atoms with Crippen LogP contribution in [-0.4, -0.2) is 39.4 Å². The van der Waals surface area contributed by atoms with Crippen molar-refractivity contribution in [1.29, 1.82) is 0 Å². The first kappa shape index (κ1) is 24.9. The Labute approximate surface area is 212 Å². The van der Waals surface area contributed by atoms with E-state index < -0.39 is 0 Å². The highest BCUT2D eigenvalue weighted by atomic mass is 16.2. The van der Waals surface area contributed by atoms with E-state index in [-0.39, 0.29) is 24.3 Å². The summed E-state index contributed by atoms with van der Waals surface area (Å²) in [5, 5.41) is 2.95. The third kappa shape index (κ3) is 6.08. The summed E-state index contributed by atoms with van der Waals surface area (Å²) < 4.78 is 1.87. The van der Waals surface area contributed by atoms with E-state index in [9.17, 15) is 9.59 Å². The first-order valence-corrected chi connectivity index (χ1v) is 12.2. The maximum absolute atomic E-state index is 13.2. The molecule has 1 heterocycles. The minimum Gasteiger partial charge on any atom is -0.329 e. The molecule has 36 heavy (non-hydrogen) atoms. The van der Waals surface area contributed by atoms with Gasteiger partial charge in [-0.1, -0.05) is 79.6 Å². The Balaban J connectivity index is 1.60. The summed E-state index contributed by atoms with van der Waals surface area (Å²) in [6.07, 6.45) is 1.92. The van der Waals surface area contributed by atoms with E-state index in [1.165, 1.54) is 0 Å². The second-order valence-corrected chi connectivity index (χ2v) is 9.52. The lowest BCUT2D eigenvalue weighted by Gasteiger charge is -2.24. The van der Waals surface area contributed by atoms with Gasteiger partial charge in [0.2, 0.25) is 11.9 Å². The molecule has 0 spiro atoms. The minimum absolute atomic E-state index is 0.0632. The molecular formula is C30H32N4O2. The zero-order valence-corrected chi connectivity index (χ0v) is 21.2. The fourth-order valence-corrected chi connectivity index (χ4v) is 3.99. The molecular weight excluding hydrogens is 448 g/mol. The number of hydrogen-bond acceptors (Lipinski definition) is 3. The van der Waals surface area contributed by atoms with Crippen LogP contribution in [-0.2, 0) is 4.79 Å². The predicted octanol–water partition coefficient (Wildman–Crippen LogP) is 5.89. The number of carbonyl (C=O) groups excluding carboxylic acids is 2. The van der Waals surface area contributed by atoms with Gasteiger partial charge in [0.15, 0.2) is 0 Å². The molecule has 2 amide bonds. The van der Waals surface area contributed by atoms with Crippen LogP contribution >= 0.6 is 0 Å². The molecule has 0 aliphatic rings. The lowest BCUT2D eigenvalue weighted by Crippen LogP contribution is -2.40. The van der Waals surface area contributed by atoms with Crippen LogP contribution in [0.4, 0.5) is 5.95 Å². The minimum atomic E-state index is -0.297. The van der Waals surface area contributed by atoms with Crippen molar-refractivity contribution in [2.24, 2.45) is 5.92 Å². The second kappa shape index (κ2) is 11.0. The Morgan fingerprint density at radius 1 is 0.889 bits per heavy atom. The molecule has 184 valence electrons. The largest absolute Gasteiger partial charge is 0.329 e. The summed E-state index contributed by atoms with van der Waals surface area (Å²) in [5.41, 5.74) is 5.39. The van der Waals surface area contributed by atoms with Gasteiger partial charge in [0.25, 0.3) is 5.91 Å². The number of carbonyl (C=O) groups is 2. The first-order valence-electron chi connectivity index (χ1n) is 12.2. The molecule has 0 saturated carbocycles. The predicted molar refractivity (Wildman–Crippen MR) is 144 cm³/mol. The van der Waals surface area contributed by atoms with Crippen LogP contribution in [0.25, 0.3) is 16.9 Å². The molecule has 4 aromatic rings. The lowest BCUT2D eigenvalue weighted by atomic mass is 10.1. The van der Waals surface area contributed by atoms with E-state index in [4.69, 9.17) is 4.98 Å². The maximum Gasteiger partial charge on any atom is 0.254 e. The zero-order chi connectivity index (χ0) is 25.7. The van der Waals surface area contributed by atoms with Gasteiger partial charge in [-0.05, 0) is 44.0 Å². The molecule has 0 saturated heterocycles. The Hall–Kier alpha value is -4.19. The van der Waals surface area contributed by atoms with Crippen molar-refractivity contribution < 1.29 is 9.59 Å². The van der Waals surface area contributed by atoms with E-state index in [0.717, 1.165) is 28.1 Å². The third-order valence-electron chi connectivity index (χ3n) is 5.84. The van der Waals surface area contributed by atoms with Gasteiger partial charge >= 0.3 is 0 Å². The molecule has 0 aliphatic carbocycles. The van der Waals surface area contributed by atoms with Crippen molar-refractivity contribution in [1.82, 2.24) is 14.5 Å². The van der Waals surface area contributed by atoms with Crippen molar-refractivity contribution in [3.63, 3.8) is 0 Å². The van der Waals surface area contributed by atoms with Crippen molar-refractivity contribution in [2.75, 3.05) is 18.4 Å². The summed E-state index contributed by atoms with van der Waals surface area (Å²) in [7, 11) is 0. The van der Waals surface area contributed by atoms with Crippen molar-refractivity contribution >= 4 is 17.8 Å². The topological polar surface area (TPSA) is 67.2 Å². The highest BCUT2D eigenvalue weighted by molar-refractivity contribution is 5.99. The molecule has 1 N–H and O–H groups in total. The van der Waals surface area contributed by atoms with Crippen LogP contribution in [0.15, 0.2) is 85.1 Å². The highest BCUT2D eigenvalue weighted by Gasteiger charge is 2.21. The maximum atomic E-state index is 13.2. The van der Waals surface area contributed by atoms with Gasteiger partial charge in [-0.2, -0.15) is 0 Å². The number of nitrogens with one attached hydrogen (secondary N) is 1. The molecule has 3 aromatic carbocycles. The van der Waals surface area contributed by atoms with Gasteiger partial charge < -0.3 is 4.90 Å². The standard InChI is InChI=1S/C30H32N4O2/c1-21(2)18-33(29(36)25-14-10-22(3)11-15-25)20-28(35)32-30-31-27(24-8-6-5-7-9-24)19-34(30)26-16-12-23(4)13-17-26/h5-17,19,21H,18,20H2,1-4H3,(H,31,32,35). The first-order chi connectivity index (χ1) is 17.3. The summed E-state index contributed by atoms with van der Waals surface area (Å²) in [4.78, 5) is 32.8. The fourth-order valence-electron chi connectivity index (χ4n) is 3.99. The Morgan fingerprint density at radius 3 is 2.11 bits per heavy atom. The second-order valence-electron chi connectivity index (χ2n) is 9.52. The molecule has 0 unspecified atom stereocenters. The average Bonchev–Trinajstić information content (AvgIpc) is 3.28. The van der Waals surface area contributed by atoms with E-state index in [1.807, 2.05) is 105 Å². The number of nitrogens with zero attached hydrogens (tertiary/aromatic N) is 3. The van der Waals surface area contributed by atoms with Gasteiger partial charge in [0, 0.05) is 29.6 Å². The monoisotopic (exact) mass is 480 g/mol. The molecule has 0 atom stereocenters. The lowest BCUT2D eigenvalue weighted by molar-refractivity contribution is -0.117. The highest BCUT2D eigenvalue weighted by Crippen LogP contribution is 2.24. The number of aromatic nitrogens is 2. The molecule has 0 aliphatic heterocycles. The molecule has 0 radical (unpaired) electrons. The Bertz CT molecular complexity index is 1320. The zero-order valence-electron chi connectivity index (χ0n) is 21.2. The van der Waals surface area contributed by atoms with Crippen LogP contribution in [0.1, 0.15) is 35.3 Å². The summed E-state index contributed by atoms with van der Waals surface area (Å²) in [6, 6.07) is 25.3. The number of hydrogen-bond donors (Lipinski definition) is 1. The quantitative estimate of drug-likeness (QED) is 0.342. The number of amides is 2. The fraction of sp³-hybridized carbons (Fsp3) is 0.233. The number of benzene rings is 3. The van der Waals surface area contributed by atoms with Crippen LogP contribution < -0.4 is 5.32 Å². The van der Waals surface area contributed by atoms with Gasteiger partial charge in [-0.15, -0.1) is 0 Å². The van der Waals surface area contributed by atoms with Crippen molar-refractivity contribution in [2.45, 2.75) is 27.7 Å². The average molecular weight is 481 g/mol. The van der Waals surface area contributed by atoms with Gasteiger partial charge in [0.1, 0.15) is 6.54 Å². The van der Waals surface area contributed by atoms with Crippen molar-refractivity contribution in [3.05, 3.63) is 102 Å². The Morgan fingerprint density at radius 2 is 1.50 bits per heavy atom. The number of aryl methyl sites for hydroxylation is 2. The molecule has 6 heteroatoms. The van der Waals surface area contributed by atoms with Gasteiger partial charge in [-0.25, -0.2) is 4.98 Å². The van der Waals surface area contributed by atoms with Crippen molar-refractivity contribution in [3.8, 4) is 16.9 Å². The number of imidazole rings is 1. The molecule has 0 bridgehead atoms. The van der Waals surface area contributed by atoms with Gasteiger partial charge in [0.05, 0.1) is 5.69 Å². The van der Waals surface area contributed by atoms with E-state index in [1.54, 1.807) is 17.0 Å². The summed E-state index contributed by atoms with van der Waals surface area (Å²) in [6.45, 7) is 8.48. The number of rotatable bonds is 8. The van der Waals surface area contributed by atoms with Crippen LogP contribution in [0, 0.1) is 19.8 Å². The van der Waals surface area contributed by atoms with E-state index >= 15 is 0 Å². The normalized spacial score (nSPS) is 10.9. The summed E-state index contributed by atoms with van der Waals surface area (Å²) >= 11 is 0. The Kier molecular flexibility index (Phi) is 7.64. The van der Waals surface area contributed by atoms with Crippen LogP contribution in [0.3, 0.4) is 0 Å². The van der Waals surface area contributed by atoms with E-state index in [2.05, 4.69) is 5.32 Å². The summed E-state index contributed by atoms with van der Waals surface area (Å²) in [5.74, 6) is 0.168. The molecule has 1 aromatic heterocycles. The SMILES string of the molecule is Cc1ccc(C(=O)N(CC(=O)Nc2nc(-c3ccccc3)cn2-c2ccc(C)cc2)CC(C)C)cc1. The van der Waals surface area contributed by atoms with Crippen LogP contribution in [0.5, 0.6) is 0 Å².